The molecule has 6 heteroatoms. The number of benzene rings is 2. The van der Waals surface area contributed by atoms with Gasteiger partial charge in [-0.1, -0.05) is 11.6 Å². The molecule has 0 spiro atoms. The summed E-state index contributed by atoms with van der Waals surface area (Å²) in [6, 6.07) is 10.2. The molecule has 0 aromatic heterocycles. The van der Waals surface area contributed by atoms with Crippen molar-refractivity contribution in [3.8, 4) is 17.2 Å². The molecular formula is C16H18ClNO4. The van der Waals surface area contributed by atoms with E-state index in [-0.39, 0.29) is 6.61 Å². The summed E-state index contributed by atoms with van der Waals surface area (Å²) in [4.78, 5) is 0. The van der Waals surface area contributed by atoms with Gasteiger partial charge < -0.3 is 25.1 Å². The molecule has 2 aromatic carbocycles. The van der Waals surface area contributed by atoms with Gasteiger partial charge in [0.05, 0.1) is 19.2 Å². The van der Waals surface area contributed by atoms with Gasteiger partial charge in [-0.05, 0) is 30.3 Å². The lowest BCUT2D eigenvalue weighted by molar-refractivity contribution is 0.105. The molecule has 5 nitrogen and oxygen atoms in total. The first-order valence-electron chi connectivity index (χ1n) is 6.63. The molecule has 0 saturated heterocycles. The molecule has 0 radical (unpaired) electrons. The number of hydrogen-bond acceptors (Lipinski definition) is 5. The maximum atomic E-state index is 10.3. The molecule has 0 aliphatic rings. The summed E-state index contributed by atoms with van der Waals surface area (Å²) in [6.45, 7) is 0.0606. The van der Waals surface area contributed by atoms with Crippen LogP contribution in [-0.2, 0) is 0 Å². The average molecular weight is 324 g/mol. The highest BCUT2D eigenvalue weighted by atomic mass is 35.5. The van der Waals surface area contributed by atoms with E-state index < -0.39 is 6.10 Å². The Balaban J connectivity index is 2.14. The number of methoxy groups -OCH3 is 2. The number of nitrogen functional groups attached to an aromatic ring is 1. The number of aliphatic hydroxyl groups excluding tert-OH is 1. The molecule has 1 atom stereocenters. The Morgan fingerprint density at radius 2 is 1.73 bits per heavy atom. The van der Waals surface area contributed by atoms with Gasteiger partial charge in [-0.3, -0.25) is 0 Å². The molecule has 118 valence electrons. The van der Waals surface area contributed by atoms with Crippen molar-refractivity contribution in [3.05, 3.63) is 47.0 Å². The van der Waals surface area contributed by atoms with Gasteiger partial charge in [-0.2, -0.15) is 0 Å². The number of nitrogens with two attached hydrogens (primary N) is 1. The Morgan fingerprint density at radius 1 is 1.09 bits per heavy atom. The van der Waals surface area contributed by atoms with Gasteiger partial charge in [-0.15, -0.1) is 0 Å². The minimum Gasteiger partial charge on any atom is -0.496 e. The second kappa shape index (κ2) is 7.24. The van der Waals surface area contributed by atoms with Crippen molar-refractivity contribution in [2.24, 2.45) is 0 Å². The molecule has 0 fully saturated rings. The SMILES string of the molecule is COc1cc(C(O)COc2ccc(N)cc2)c(OC)cc1Cl. The quantitative estimate of drug-likeness (QED) is 0.799. The Kier molecular flexibility index (Phi) is 5.35. The van der Waals surface area contributed by atoms with Crippen LogP contribution in [0.4, 0.5) is 5.69 Å². The molecule has 0 aliphatic heterocycles. The topological polar surface area (TPSA) is 73.9 Å². The zero-order chi connectivity index (χ0) is 16.1. The van der Waals surface area contributed by atoms with Crippen LogP contribution in [0.25, 0.3) is 0 Å². The Labute approximate surface area is 134 Å². The summed E-state index contributed by atoms with van der Waals surface area (Å²) in [5.74, 6) is 1.55. The van der Waals surface area contributed by atoms with Gasteiger partial charge >= 0.3 is 0 Å². The van der Waals surface area contributed by atoms with Crippen molar-refractivity contribution < 1.29 is 19.3 Å². The fraction of sp³-hybridized carbons (Fsp3) is 0.250. The van der Waals surface area contributed by atoms with Crippen LogP contribution in [0.3, 0.4) is 0 Å². The van der Waals surface area contributed by atoms with E-state index in [0.29, 0.717) is 33.5 Å². The Bertz CT molecular complexity index is 631. The number of ether oxygens (including phenoxy) is 3. The summed E-state index contributed by atoms with van der Waals surface area (Å²) in [7, 11) is 3.02. The van der Waals surface area contributed by atoms with Crippen LogP contribution in [0.2, 0.25) is 5.02 Å². The zero-order valence-electron chi connectivity index (χ0n) is 12.4. The van der Waals surface area contributed by atoms with E-state index in [4.69, 9.17) is 31.5 Å². The molecule has 0 aliphatic carbocycles. The van der Waals surface area contributed by atoms with Crippen molar-refractivity contribution in [2.75, 3.05) is 26.6 Å². The van der Waals surface area contributed by atoms with Crippen LogP contribution >= 0.6 is 11.6 Å². The van der Waals surface area contributed by atoms with Crippen molar-refractivity contribution >= 4 is 17.3 Å². The number of aliphatic hydroxyl groups is 1. The number of halogens is 1. The molecule has 0 heterocycles. The van der Waals surface area contributed by atoms with Crippen LogP contribution in [0.5, 0.6) is 17.2 Å². The average Bonchev–Trinajstić information content (AvgIpc) is 2.53. The lowest BCUT2D eigenvalue weighted by Crippen LogP contribution is -2.11. The van der Waals surface area contributed by atoms with Gasteiger partial charge in [0.1, 0.15) is 30.0 Å². The minimum atomic E-state index is -0.890. The molecule has 2 aromatic rings. The summed E-state index contributed by atoms with van der Waals surface area (Å²) in [6.07, 6.45) is -0.890. The van der Waals surface area contributed by atoms with Gasteiger partial charge in [0, 0.05) is 17.3 Å². The summed E-state index contributed by atoms with van der Waals surface area (Å²) in [5, 5.41) is 10.7. The van der Waals surface area contributed by atoms with E-state index in [0.717, 1.165) is 0 Å². The molecular weight excluding hydrogens is 306 g/mol. The van der Waals surface area contributed by atoms with Crippen molar-refractivity contribution in [2.45, 2.75) is 6.10 Å². The summed E-state index contributed by atoms with van der Waals surface area (Å²) in [5.41, 5.74) is 6.80. The van der Waals surface area contributed by atoms with Gasteiger partial charge in [0.15, 0.2) is 0 Å². The highest BCUT2D eigenvalue weighted by molar-refractivity contribution is 6.32. The number of hydrogen-bond donors (Lipinski definition) is 2. The zero-order valence-corrected chi connectivity index (χ0v) is 13.1. The molecule has 0 amide bonds. The van der Waals surface area contributed by atoms with Crippen LogP contribution < -0.4 is 19.9 Å². The largest absolute Gasteiger partial charge is 0.496 e. The van der Waals surface area contributed by atoms with Gasteiger partial charge in [0.25, 0.3) is 0 Å². The third-order valence-electron chi connectivity index (χ3n) is 3.15. The third kappa shape index (κ3) is 3.75. The van der Waals surface area contributed by atoms with E-state index in [9.17, 15) is 5.11 Å². The fourth-order valence-corrected chi connectivity index (χ4v) is 2.20. The Morgan fingerprint density at radius 3 is 2.32 bits per heavy atom. The maximum Gasteiger partial charge on any atom is 0.138 e. The smallest absolute Gasteiger partial charge is 0.138 e. The Hall–Kier alpha value is -2.11. The molecule has 0 saturated carbocycles. The van der Waals surface area contributed by atoms with Crippen LogP contribution in [0.1, 0.15) is 11.7 Å². The van der Waals surface area contributed by atoms with Crippen molar-refractivity contribution in [3.63, 3.8) is 0 Å². The molecule has 2 rings (SSSR count). The molecule has 3 N–H and O–H groups in total. The standard InChI is InChI=1S/C16H18ClNO4/c1-20-15-8-13(17)16(21-2)7-12(15)14(19)9-22-11-5-3-10(18)4-6-11/h3-8,14,19H,9,18H2,1-2H3. The highest BCUT2D eigenvalue weighted by Crippen LogP contribution is 2.35. The van der Waals surface area contributed by atoms with E-state index in [1.54, 1.807) is 36.4 Å². The predicted molar refractivity (Wildman–Crippen MR) is 85.9 cm³/mol. The summed E-state index contributed by atoms with van der Waals surface area (Å²) >= 11 is 6.04. The maximum absolute atomic E-state index is 10.3. The molecule has 1 unspecified atom stereocenters. The van der Waals surface area contributed by atoms with Gasteiger partial charge in [0.2, 0.25) is 0 Å². The van der Waals surface area contributed by atoms with Crippen LogP contribution in [-0.4, -0.2) is 25.9 Å². The number of anilines is 1. The first-order chi connectivity index (χ1) is 10.5. The van der Waals surface area contributed by atoms with Gasteiger partial charge in [-0.25, -0.2) is 0 Å². The monoisotopic (exact) mass is 323 g/mol. The van der Waals surface area contributed by atoms with Crippen LogP contribution in [0.15, 0.2) is 36.4 Å². The van der Waals surface area contributed by atoms with E-state index in [2.05, 4.69) is 0 Å². The first-order valence-corrected chi connectivity index (χ1v) is 7.00. The van der Waals surface area contributed by atoms with E-state index in [1.165, 1.54) is 14.2 Å². The highest BCUT2D eigenvalue weighted by Gasteiger charge is 2.17. The number of rotatable bonds is 6. The third-order valence-corrected chi connectivity index (χ3v) is 3.45. The van der Waals surface area contributed by atoms with E-state index >= 15 is 0 Å². The minimum absolute atomic E-state index is 0.0606. The van der Waals surface area contributed by atoms with Crippen molar-refractivity contribution in [1.29, 1.82) is 0 Å². The normalized spacial score (nSPS) is 11.8. The first kappa shape index (κ1) is 16.3. The lowest BCUT2D eigenvalue weighted by Gasteiger charge is -2.17. The molecule has 22 heavy (non-hydrogen) atoms. The molecule has 0 bridgehead atoms. The van der Waals surface area contributed by atoms with Crippen molar-refractivity contribution in [1.82, 2.24) is 0 Å². The second-order valence-corrected chi connectivity index (χ2v) is 5.03. The predicted octanol–water partition coefficient (Wildman–Crippen LogP) is 3.05. The lowest BCUT2D eigenvalue weighted by atomic mass is 10.1. The second-order valence-electron chi connectivity index (χ2n) is 4.62. The van der Waals surface area contributed by atoms with E-state index in [1.807, 2.05) is 0 Å². The summed E-state index contributed by atoms with van der Waals surface area (Å²) < 4.78 is 15.9. The van der Waals surface area contributed by atoms with Crippen LogP contribution in [0, 0.1) is 0 Å². The fourth-order valence-electron chi connectivity index (χ4n) is 1.97.